The molecule has 33 heavy (non-hydrogen) atoms. The molecular formula is C22H19F3N2O4S2. The van der Waals surface area contributed by atoms with Crippen LogP contribution in [0.3, 0.4) is 0 Å². The van der Waals surface area contributed by atoms with Crippen molar-refractivity contribution in [3.8, 4) is 17.4 Å². The monoisotopic (exact) mass is 496 g/mol. The number of cyclic esters (lactones) is 1. The van der Waals surface area contributed by atoms with E-state index in [0.29, 0.717) is 27.4 Å². The topological polar surface area (TPSA) is 74.8 Å². The van der Waals surface area contributed by atoms with Gasteiger partial charge >= 0.3 is 12.3 Å². The van der Waals surface area contributed by atoms with Crippen molar-refractivity contribution < 1.29 is 32.5 Å². The first-order chi connectivity index (χ1) is 15.6. The number of likely N-dealkylation sites (N-methyl/N-ethyl adjacent to an activating group) is 1. The van der Waals surface area contributed by atoms with E-state index in [0.717, 1.165) is 23.0 Å². The van der Waals surface area contributed by atoms with E-state index >= 15 is 0 Å². The molecule has 0 spiro atoms. The standard InChI is InChI=1S/C22H19F3N2O4S2/c1-27-14(11-30-21(27)29)8-12-2-5-15(6-3-12)31-17-7-4-13(9-16(17)22(23,24)25)10-18-19(28)26-20(32)33-18/h2-7,9,14,28H,8,10-11H2,1H3,(H,26,32). The Labute approximate surface area is 196 Å². The number of aromatic nitrogens is 1. The molecule has 3 aromatic rings. The number of nitrogens with zero attached hydrogens (tertiary/aromatic N) is 1. The van der Waals surface area contributed by atoms with E-state index in [1.54, 1.807) is 31.3 Å². The number of H-pyrrole nitrogens is 1. The highest BCUT2D eigenvalue weighted by molar-refractivity contribution is 7.73. The van der Waals surface area contributed by atoms with Gasteiger partial charge in [0.15, 0.2) is 3.95 Å². The predicted octanol–water partition coefficient (Wildman–Crippen LogP) is 5.91. The Morgan fingerprint density at radius 1 is 1.24 bits per heavy atom. The van der Waals surface area contributed by atoms with Crippen LogP contribution in [0.5, 0.6) is 17.4 Å². The van der Waals surface area contributed by atoms with Crippen molar-refractivity contribution in [3.05, 3.63) is 68.0 Å². The van der Waals surface area contributed by atoms with Gasteiger partial charge in [-0.2, -0.15) is 13.2 Å². The van der Waals surface area contributed by atoms with Gasteiger partial charge in [0.05, 0.1) is 16.5 Å². The van der Waals surface area contributed by atoms with Gasteiger partial charge in [-0.05, 0) is 54.0 Å². The zero-order valence-corrected chi connectivity index (χ0v) is 18.9. The van der Waals surface area contributed by atoms with Gasteiger partial charge in [0.2, 0.25) is 5.88 Å². The van der Waals surface area contributed by atoms with Gasteiger partial charge in [-0.25, -0.2) is 4.79 Å². The van der Waals surface area contributed by atoms with Crippen LogP contribution in [0.1, 0.15) is 21.6 Å². The Kier molecular flexibility index (Phi) is 6.35. The summed E-state index contributed by atoms with van der Waals surface area (Å²) in [6.45, 7) is 0.296. The van der Waals surface area contributed by atoms with E-state index in [9.17, 15) is 23.1 Å². The van der Waals surface area contributed by atoms with Crippen molar-refractivity contribution in [3.63, 3.8) is 0 Å². The summed E-state index contributed by atoms with van der Waals surface area (Å²) < 4.78 is 52.0. The lowest BCUT2D eigenvalue weighted by Gasteiger charge is -2.17. The van der Waals surface area contributed by atoms with Gasteiger partial charge in [-0.3, -0.25) is 0 Å². The second kappa shape index (κ2) is 9.06. The van der Waals surface area contributed by atoms with E-state index < -0.39 is 11.7 Å². The Balaban J connectivity index is 1.51. The van der Waals surface area contributed by atoms with Crippen LogP contribution >= 0.6 is 23.6 Å². The summed E-state index contributed by atoms with van der Waals surface area (Å²) in [6.07, 6.45) is -4.34. The minimum absolute atomic E-state index is 0.0919. The number of rotatable bonds is 6. The molecule has 1 saturated heterocycles. The number of aromatic hydroxyl groups is 1. The Hall–Kier alpha value is -3.05. The third-order valence-corrected chi connectivity index (χ3v) is 6.50. The molecule has 1 atom stereocenters. The van der Waals surface area contributed by atoms with Gasteiger partial charge in [0.25, 0.3) is 0 Å². The first kappa shape index (κ1) is 23.1. The van der Waals surface area contributed by atoms with Crippen LogP contribution < -0.4 is 4.74 Å². The second-order valence-electron chi connectivity index (χ2n) is 7.58. The molecule has 2 heterocycles. The molecule has 0 saturated carbocycles. The molecule has 1 aliphatic rings. The number of amides is 1. The number of aromatic amines is 1. The number of thiazole rings is 1. The number of carbonyl (C=O) groups is 1. The van der Waals surface area contributed by atoms with Crippen LogP contribution in [0, 0.1) is 3.95 Å². The van der Waals surface area contributed by atoms with Crippen molar-refractivity contribution in [2.45, 2.75) is 25.1 Å². The third-order valence-electron chi connectivity index (χ3n) is 5.27. The third kappa shape index (κ3) is 5.31. The van der Waals surface area contributed by atoms with Crippen LogP contribution in [0.15, 0.2) is 42.5 Å². The summed E-state index contributed by atoms with van der Waals surface area (Å²) in [4.78, 5) is 16.0. The number of hydrogen-bond acceptors (Lipinski definition) is 6. The van der Waals surface area contributed by atoms with E-state index in [-0.39, 0.29) is 35.9 Å². The molecule has 1 aliphatic heterocycles. The molecule has 2 aromatic carbocycles. The van der Waals surface area contributed by atoms with Gasteiger partial charge in [-0.15, -0.1) is 11.3 Å². The molecule has 1 unspecified atom stereocenters. The van der Waals surface area contributed by atoms with Gasteiger partial charge < -0.3 is 24.5 Å². The van der Waals surface area contributed by atoms with E-state index in [2.05, 4.69) is 4.98 Å². The van der Waals surface area contributed by atoms with Crippen LogP contribution in [0.4, 0.5) is 18.0 Å². The van der Waals surface area contributed by atoms with E-state index in [4.69, 9.17) is 21.7 Å². The predicted molar refractivity (Wildman–Crippen MR) is 119 cm³/mol. The minimum atomic E-state index is -4.63. The summed E-state index contributed by atoms with van der Waals surface area (Å²) in [5.74, 6) is -0.205. The molecule has 174 valence electrons. The molecular weight excluding hydrogens is 477 g/mol. The SMILES string of the molecule is CN1C(=O)OCC1Cc1ccc(Oc2ccc(Cc3sc(=S)[nH]c3O)cc2C(F)(F)F)cc1. The Morgan fingerprint density at radius 3 is 2.52 bits per heavy atom. The maximum Gasteiger partial charge on any atom is 0.419 e. The highest BCUT2D eigenvalue weighted by Crippen LogP contribution is 2.39. The Bertz CT molecular complexity index is 1220. The smallest absolute Gasteiger partial charge is 0.419 e. The van der Waals surface area contributed by atoms with Gasteiger partial charge in [-0.1, -0.05) is 18.2 Å². The number of halogens is 3. The molecule has 4 rings (SSSR count). The lowest BCUT2D eigenvalue weighted by atomic mass is 10.1. The minimum Gasteiger partial charge on any atom is -0.494 e. The summed E-state index contributed by atoms with van der Waals surface area (Å²) in [6, 6.07) is 10.4. The fraction of sp³-hybridized carbons (Fsp3) is 0.273. The normalized spacial score (nSPS) is 16.2. The molecule has 0 radical (unpaired) electrons. The maximum atomic E-state index is 13.7. The van der Waals surface area contributed by atoms with Crippen molar-refractivity contribution in [2.75, 3.05) is 13.7 Å². The second-order valence-corrected chi connectivity index (χ2v) is 9.35. The lowest BCUT2D eigenvalue weighted by molar-refractivity contribution is -0.138. The molecule has 1 fully saturated rings. The van der Waals surface area contributed by atoms with Crippen LogP contribution in [-0.2, 0) is 23.8 Å². The molecule has 11 heteroatoms. The summed E-state index contributed by atoms with van der Waals surface area (Å²) in [7, 11) is 1.66. The summed E-state index contributed by atoms with van der Waals surface area (Å²) in [5.41, 5.74) is 0.353. The molecule has 2 N–H and O–H groups in total. The summed E-state index contributed by atoms with van der Waals surface area (Å²) >= 11 is 6.06. The number of alkyl halides is 3. The largest absolute Gasteiger partial charge is 0.494 e. The van der Waals surface area contributed by atoms with Crippen molar-refractivity contribution in [2.24, 2.45) is 0 Å². The molecule has 1 amide bonds. The maximum absolute atomic E-state index is 13.7. The molecule has 1 aromatic heterocycles. The highest BCUT2D eigenvalue weighted by Gasteiger charge is 2.35. The first-order valence-electron chi connectivity index (χ1n) is 9.87. The van der Waals surface area contributed by atoms with Crippen LogP contribution in [-0.4, -0.2) is 40.8 Å². The fourth-order valence-corrected chi connectivity index (χ4v) is 4.63. The number of hydrogen-bond donors (Lipinski definition) is 2. The summed E-state index contributed by atoms with van der Waals surface area (Å²) in [5, 5.41) is 9.83. The number of benzene rings is 2. The number of nitrogens with one attached hydrogen (secondary N) is 1. The zero-order valence-electron chi connectivity index (χ0n) is 17.3. The van der Waals surface area contributed by atoms with Crippen molar-refractivity contribution in [1.29, 1.82) is 0 Å². The molecule has 0 aliphatic carbocycles. The van der Waals surface area contributed by atoms with Crippen molar-refractivity contribution in [1.82, 2.24) is 9.88 Å². The van der Waals surface area contributed by atoms with Gasteiger partial charge in [0, 0.05) is 13.5 Å². The quantitative estimate of drug-likeness (QED) is 0.415. The van der Waals surface area contributed by atoms with E-state index in [1.807, 2.05) is 0 Å². The van der Waals surface area contributed by atoms with Crippen LogP contribution in [0.25, 0.3) is 0 Å². The average Bonchev–Trinajstić information content (AvgIpc) is 3.24. The van der Waals surface area contributed by atoms with E-state index in [1.165, 1.54) is 17.0 Å². The molecule has 6 nitrogen and oxygen atoms in total. The number of ether oxygens (including phenoxy) is 2. The Morgan fingerprint density at radius 2 is 1.94 bits per heavy atom. The van der Waals surface area contributed by atoms with Crippen LogP contribution in [0.2, 0.25) is 0 Å². The van der Waals surface area contributed by atoms with Gasteiger partial charge in [0.1, 0.15) is 18.1 Å². The first-order valence-corrected chi connectivity index (χ1v) is 11.1. The van der Waals surface area contributed by atoms with Crippen molar-refractivity contribution >= 4 is 29.6 Å². The molecule has 0 bridgehead atoms. The fourth-order valence-electron chi connectivity index (χ4n) is 3.47. The number of carbonyl (C=O) groups excluding carboxylic acids is 1. The zero-order chi connectivity index (χ0) is 23.8. The highest BCUT2D eigenvalue weighted by atomic mass is 32.1. The average molecular weight is 497 g/mol. The lowest BCUT2D eigenvalue weighted by Crippen LogP contribution is -2.30.